The maximum absolute atomic E-state index is 15.1. The van der Waals surface area contributed by atoms with Gasteiger partial charge in [0.1, 0.15) is 0 Å². The van der Waals surface area contributed by atoms with E-state index in [1.807, 2.05) is 38.1 Å². The van der Waals surface area contributed by atoms with Gasteiger partial charge in [0.2, 0.25) is 29.5 Å². The molecule has 0 saturated carbocycles. The highest BCUT2D eigenvalue weighted by atomic mass is 19.1. The van der Waals surface area contributed by atoms with E-state index in [1.54, 1.807) is 54.8 Å². The minimum atomic E-state index is -0.467. The molecule has 0 radical (unpaired) electrons. The number of hydrogen-bond donors (Lipinski definition) is 1. The van der Waals surface area contributed by atoms with Gasteiger partial charge in [-0.3, -0.25) is 10.3 Å². The van der Waals surface area contributed by atoms with Gasteiger partial charge in [0.25, 0.3) is 0 Å². The van der Waals surface area contributed by atoms with Crippen molar-refractivity contribution in [2.75, 3.05) is 92.4 Å². The molecule has 2 aliphatic heterocycles. The Bertz CT molecular complexity index is 2240. The third kappa shape index (κ3) is 8.87. The van der Waals surface area contributed by atoms with E-state index in [2.05, 4.69) is 25.2 Å². The van der Waals surface area contributed by atoms with Crippen molar-refractivity contribution in [1.29, 1.82) is 0 Å². The number of nitrogens with zero attached hydrogens (tertiary/aromatic N) is 7. The SMILES string of the molecule is CCOc1cc(CN2CCC(N(c3nc(OC)c4cc(OC)c(OC)cc4n3)C3CCN(Nc4nc(OC)c5cc(OC)c(OC)cc5n4)CC3)CC2)cc(OCC)c1F. The van der Waals surface area contributed by atoms with Crippen molar-refractivity contribution in [2.45, 2.75) is 58.2 Å². The molecule has 0 spiro atoms. The van der Waals surface area contributed by atoms with E-state index >= 15 is 4.39 Å². The van der Waals surface area contributed by atoms with Crippen LogP contribution in [0.5, 0.6) is 46.3 Å². The van der Waals surface area contributed by atoms with Crippen molar-refractivity contribution in [2.24, 2.45) is 0 Å². The predicted octanol–water partition coefficient (Wildman–Crippen LogP) is 6.52. The minimum absolute atomic E-state index is 0.116. The number of benzene rings is 3. The summed E-state index contributed by atoms with van der Waals surface area (Å²) in [4.78, 5) is 24.5. The van der Waals surface area contributed by atoms with Gasteiger partial charge in [-0.1, -0.05) is 0 Å². The second-order valence-corrected chi connectivity index (χ2v) is 14.6. The number of methoxy groups -OCH3 is 6. The lowest BCUT2D eigenvalue weighted by molar-refractivity contribution is 0.182. The predicted molar refractivity (Wildman–Crippen MR) is 226 cm³/mol. The van der Waals surface area contributed by atoms with E-state index in [0.29, 0.717) is 95.9 Å². The number of anilines is 2. The molecule has 2 fully saturated rings. The molecular formula is C43H55FN8O8. The van der Waals surface area contributed by atoms with Crippen LogP contribution in [0.1, 0.15) is 45.1 Å². The van der Waals surface area contributed by atoms with Gasteiger partial charge in [0.05, 0.1) is 77.7 Å². The Morgan fingerprint density at radius 1 is 0.600 bits per heavy atom. The number of rotatable bonds is 17. The molecule has 16 nitrogen and oxygen atoms in total. The Balaban J connectivity index is 1.14. The monoisotopic (exact) mass is 830 g/mol. The van der Waals surface area contributed by atoms with Crippen molar-refractivity contribution in [1.82, 2.24) is 29.8 Å². The van der Waals surface area contributed by atoms with Crippen molar-refractivity contribution in [3.63, 3.8) is 0 Å². The number of nitrogens with one attached hydrogen (secondary N) is 1. The summed E-state index contributed by atoms with van der Waals surface area (Å²) < 4.78 is 60.1. The lowest BCUT2D eigenvalue weighted by Crippen LogP contribution is -2.53. The summed E-state index contributed by atoms with van der Waals surface area (Å²) in [5.41, 5.74) is 5.73. The first-order valence-corrected chi connectivity index (χ1v) is 20.3. The van der Waals surface area contributed by atoms with Crippen LogP contribution in [0, 0.1) is 5.82 Å². The smallest absolute Gasteiger partial charge is 0.241 e. The van der Waals surface area contributed by atoms with Crippen LogP contribution < -0.4 is 48.2 Å². The molecule has 4 heterocycles. The average Bonchev–Trinajstić information content (AvgIpc) is 3.27. The molecule has 1 N–H and O–H groups in total. The zero-order valence-corrected chi connectivity index (χ0v) is 35.7. The van der Waals surface area contributed by atoms with E-state index in [0.717, 1.165) is 49.7 Å². The molecular weight excluding hydrogens is 776 g/mol. The number of fused-ring (bicyclic) bond motifs is 2. The average molecular weight is 831 g/mol. The second-order valence-electron chi connectivity index (χ2n) is 14.6. The number of halogens is 1. The Kier molecular flexibility index (Phi) is 13.4. The number of likely N-dealkylation sites (tertiary alicyclic amines) is 1. The third-order valence-corrected chi connectivity index (χ3v) is 11.1. The fourth-order valence-corrected chi connectivity index (χ4v) is 8.19. The Morgan fingerprint density at radius 2 is 1.08 bits per heavy atom. The number of ether oxygens (including phenoxy) is 8. The normalized spacial score (nSPS) is 15.5. The minimum Gasteiger partial charge on any atom is -0.493 e. The van der Waals surface area contributed by atoms with Crippen LogP contribution in [0.3, 0.4) is 0 Å². The molecule has 0 unspecified atom stereocenters. The largest absolute Gasteiger partial charge is 0.493 e. The molecule has 0 atom stereocenters. The van der Waals surface area contributed by atoms with Crippen LogP contribution in [0.15, 0.2) is 36.4 Å². The van der Waals surface area contributed by atoms with Crippen molar-refractivity contribution in [3.8, 4) is 46.3 Å². The summed E-state index contributed by atoms with van der Waals surface area (Å²) in [6.45, 7) is 8.11. The zero-order chi connectivity index (χ0) is 42.3. The van der Waals surface area contributed by atoms with Crippen molar-refractivity contribution in [3.05, 3.63) is 47.8 Å². The van der Waals surface area contributed by atoms with Crippen LogP contribution in [0.25, 0.3) is 21.8 Å². The van der Waals surface area contributed by atoms with Crippen molar-refractivity contribution < 1.29 is 42.3 Å². The number of hydrazine groups is 1. The maximum atomic E-state index is 15.1. The number of aromatic nitrogens is 4. The van der Waals surface area contributed by atoms with E-state index < -0.39 is 5.82 Å². The first-order valence-electron chi connectivity index (χ1n) is 20.3. The van der Waals surface area contributed by atoms with Gasteiger partial charge in [-0.25, -0.2) is 15.0 Å². The van der Waals surface area contributed by atoms with Gasteiger partial charge in [-0.15, -0.1) is 0 Å². The van der Waals surface area contributed by atoms with E-state index in [4.69, 9.17) is 52.8 Å². The second kappa shape index (κ2) is 19.1. The highest BCUT2D eigenvalue weighted by molar-refractivity contribution is 5.89. The lowest BCUT2D eigenvalue weighted by Gasteiger charge is -2.45. The van der Waals surface area contributed by atoms with E-state index in [1.165, 1.54) is 0 Å². The molecule has 2 aliphatic rings. The molecule has 7 rings (SSSR count). The van der Waals surface area contributed by atoms with Gasteiger partial charge in [-0.05, 0) is 69.4 Å². The fraction of sp³-hybridized carbons (Fsp3) is 0.488. The maximum Gasteiger partial charge on any atom is 0.241 e. The lowest BCUT2D eigenvalue weighted by atomic mass is 9.96. The molecule has 0 aliphatic carbocycles. The topological polar surface area (TPSA) is 147 Å². The summed E-state index contributed by atoms with van der Waals surface area (Å²) in [6, 6.07) is 11.2. The Labute approximate surface area is 349 Å². The summed E-state index contributed by atoms with van der Waals surface area (Å²) >= 11 is 0. The van der Waals surface area contributed by atoms with Crippen LogP contribution >= 0.6 is 0 Å². The van der Waals surface area contributed by atoms with Gasteiger partial charge in [0, 0.05) is 56.9 Å². The quantitative estimate of drug-likeness (QED) is 0.108. The molecule has 3 aromatic carbocycles. The fourth-order valence-electron chi connectivity index (χ4n) is 8.19. The summed E-state index contributed by atoms with van der Waals surface area (Å²) in [5.74, 6) is 4.14. The molecule has 17 heteroatoms. The van der Waals surface area contributed by atoms with Gasteiger partial charge >= 0.3 is 0 Å². The van der Waals surface area contributed by atoms with Crippen LogP contribution in [-0.2, 0) is 6.54 Å². The highest BCUT2D eigenvalue weighted by Gasteiger charge is 2.35. The van der Waals surface area contributed by atoms with Crippen molar-refractivity contribution >= 4 is 33.7 Å². The zero-order valence-electron chi connectivity index (χ0n) is 35.7. The molecule has 5 aromatic rings. The highest BCUT2D eigenvalue weighted by Crippen LogP contribution is 2.39. The molecule has 0 bridgehead atoms. The third-order valence-electron chi connectivity index (χ3n) is 11.1. The van der Waals surface area contributed by atoms with Gasteiger partial charge in [0.15, 0.2) is 34.5 Å². The van der Waals surface area contributed by atoms with E-state index in [9.17, 15) is 0 Å². The number of piperidine rings is 2. The Hall–Kier alpha value is -5.81. The van der Waals surface area contributed by atoms with Gasteiger partial charge in [-0.2, -0.15) is 14.4 Å². The summed E-state index contributed by atoms with van der Waals surface area (Å²) in [5, 5.41) is 3.57. The van der Waals surface area contributed by atoms with Crippen LogP contribution in [0.4, 0.5) is 16.3 Å². The van der Waals surface area contributed by atoms with Gasteiger partial charge < -0.3 is 42.8 Å². The summed E-state index contributed by atoms with van der Waals surface area (Å²) in [7, 11) is 9.60. The van der Waals surface area contributed by atoms with Crippen LogP contribution in [-0.4, -0.2) is 124 Å². The first kappa shape index (κ1) is 42.3. The standard InChI is InChI=1S/C43H55FN8O8/c1-9-59-37-19-26(20-38(39(37)44)60-10-2)25-50-15-11-27(12-16-50)52(43-46-32-24-36(56-6)34(54-4)22-30(32)41(48-43)58-8)28-13-17-51(18-14-28)49-42-45-31-23-35(55-5)33(53-3)21-29(31)40(47-42)57-7/h19-24,27-28H,9-18,25H2,1-8H3,(H,45,47,49). The molecule has 0 amide bonds. The molecule has 322 valence electrons. The molecule has 2 aromatic heterocycles. The number of hydrogen-bond acceptors (Lipinski definition) is 16. The summed E-state index contributed by atoms with van der Waals surface area (Å²) in [6.07, 6.45) is 3.36. The molecule has 60 heavy (non-hydrogen) atoms. The first-order chi connectivity index (χ1) is 29.2. The molecule has 2 saturated heterocycles. The van der Waals surface area contributed by atoms with E-state index in [-0.39, 0.29) is 23.6 Å². The van der Waals surface area contributed by atoms with Crippen LogP contribution in [0.2, 0.25) is 0 Å². The Morgan fingerprint density at radius 3 is 1.58 bits per heavy atom.